The van der Waals surface area contributed by atoms with Gasteiger partial charge in [-0.25, -0.2) is 0 Å². The van der Waals surface area contributed by atoms with Gasteiger partial charge in [0.15, 0.2) is 5.82 Å². The minimum absolute atomic E-state index is 0.581. The highest BCUT2D eigenvalue weighted by molar-refractivity contribution is 5.11. The summed E-state index contributed by atoms with van der Waals surface area (Å²) in [5.74, 6) is 3.93. The molecule has 18 heavy (non-hydrogen) atoms. The summed E-state index contributed by atoms with van der Waals surface area (Å²) in [5.41, 5.74) is 0. The summed E-state index contributed by atoms with van der Waals surface area (Å²) in [4.78, 5) is 4.21. The van der Waals surface area contributed by atoms with E-state index in [2.05, 4.69) is 34.5 Å². The minimum Gasteiger partial charge on any atom is -0.340 e. The van der Waals surface area contributed by atoms with Gasteiger partial charge in [0.25, 0.3) is 0 Å². The maximum atomic E-state index is 4.96. The fourth-order valence-corrected chi connectivity index (χ4v) is 3.40. The lowest BCUT2D eigenvalue weighted by atomic mass is 9.87. The maximum absolute atomic E-state index is 4.96. The van der Waals surface area contributed by atoms with Gasteiger partial charge in [-0.15, -0.1) is 0 Å². The highest BCUT2D eigenvalue weighted by Crippen LogP contribution is 2.44. The van der Waals surface area contributed by atoms with Crippen LogP contribution < -0.4 is 5.32 Å². The summed E-state index contributed by atoms with van der Waals surface area (Å²) in [6, 6.07) is 0.581. The first-order valence-electron chi connectivity index (χ1n) is 6.93. The molecule has 0 radical (unpaired) electrons. The summed E-state index contributed by atoms with van der Waals surface area (Å²) in [6.45, 7) is 5.06. The van der Waals surface area contributed by atoms with E-state index < -0.39 is 0 Å². The molecule has 1 fully saturated rings. The Labute approximate surface area is 108 Å². The molecule has 1 aromatic rings. The van der Waals surface area contributed by atoms with Crippen molar-refractivity contribution in [3.8, 4) is 0 Å². The summed E-state index contributed by atoms with van der Waals surface area (Å²) in [7, 11) is 0. The topological polar surface area (TPSA) is 51.0 Å². The Kier molecular flexibility index (Phi) is 3.20. The number of hydrogen-bond donors (Lipinski definition) is 1. The molecule has 1 aromatic heterocycles. The molecule has 4 heteroatoms. The van der Waals surface area contributed by atoms with E-state index in [1.165, 1.54) is 12.8 Å². The molecule has 0 aromatic carbocycles. The van der Waals surface area contributed by atoms with Crippen LogP contribution in [0.25, 0.3) is 0 Å². The van der Waals surface area contributed by atoms with Crippen LogP contribution in [0.15, 0.2) is 16.7 Å². The average Bonchev–Trinajstić information content (AvgIpc) is 3.05. The molecule has 4 unspecified atom stereocenters. The Morgan fingerprint density at radius 3 is 2.94 bits per heavy atom. The van der Waals surface area contributed by atoms with Crippen molar-refractivity contribution in [2.45, 2.75) is 39.2 Å². The molecule has 4 atom stereocenters. The third-order valence-corrected chi connectivity index (χ3v) is 4.36. The molecule has 1 N–H and O–H groups in total. The van der Waals surface area contributed by atoms with Crippen LogP contribution in [0.2, 0.25) is 0 Å². The van der Waals surface area contributed by atoms with Crippen molar-refractivity contribution in [2.24, 2.45) is 17.8 Å². The van der Waals surface area contributed by atoms with E-state index in [0.717, 1.165) is 36.5 Å². The van der Waals surface area contributed by atoms with Gasteiger partial charge in [-0.1, -0.05) is 17.3 Å². The molecular formula is C14H21N3O. The van der Waals surface area contributed by atoms with Crippen LogP contribution in [-0.4, -0.2) is 22.7 Å². The molecular weight excluding hydrogens is 226 g/mol. The lowest BCUT2D eigenvalue weighted by Gasteiger charge is -2.26. The molecule has 0 spiro atoms. The number of hydrogen-bond acceptors (Lipinski definition) is 4. The van der Waals surface area contributed by atoms with Crippen LogP contribution in [0.5, 0.6) is 0 Å². The molecule has 1 saturated carbocycles. The molecule has 98 valence electrons. The third kappa shape index (κ3) is 2.34. The van der Waals surface area contributed by atoms with Gasteiger partial charge in [0.1, 0.15) is 0 Å². The number of aromatic nitrogens is 2. The molecule has 2 bridgehead atoms. The number of aryl methyl sites for hydroxylation is 1. The number of allylic oxidation sites excluding steroid dienone is 2. The Balaban J connectivity index is 1.44. The van der Waals surface area contributed by atoms with Crippen molar-refractivity contribution in [3.05, 3.63) is 23.9 Å². The molecule has 0 amide bonds. The summed E-state index contributed by atoms with van der Waals surface area (Å²) >= 11 is 0. The summed E-state index contributed by atoms with van der Waals surface area (Å²) < 4.78 is 4.96. The zero-order chi connectivity index (χ0) is 12.5. The molecule has 2 aliphatic carbocycles. The van der Waals surface area contributed by atoms with Crippen LogP contribution in [0.3, 0.4) is 0 Å². The van der Waals surface area contributed by atoms with E-state index in [9.17, 15) is 0 Å². The first-order chi connectivity index (χ1) is 8.72. The van der Waals surface area contributed by atoms with E-state index >= 15 is 0 Å². The first kappa shape index (κ1) is 11.9. The molecule has 1 heterocycles. The van der Waals surface area contributed by atoms with E-state index in [1.54, 1.807) is 0 Å². The van der Waals surface area contributed by atoms with E-state index in [4.69, 9.17) is 4.52 Å². The van der Waals surface area contributed by atoms with Gasteiger partial charge >= 0.3 is 0 Å². The summed E-state index contributed by atoms with van der Waals surface area (Å²) in [5, 5.41) is 7.52. The average molecular weight is 247 g/mol. The lowest BCUT2D eigenvalue weighted by molar-refractivity contribution is 0.327. The van der Waals surface area contributed by atoms with Crippen LogP contribution in [0.4, 0.5) is 0 Å². The number of rotatable bonds is 5. The number of fused-ring (bicyclic) bond motifs is 2. The van der Waals surface area contributed by atoms with Gasteiger partial charge in [0, 0.05) is 25.9 Å². The van der Waals surface area contributed by atoms with Gasteiger partial charge in [0.05, 0.1) is 0 Å². The van der Waals surface area contributed by atoms with Gasteiger partial charge < -0.3 is 9.84 Å². The van der Waals surface area contributed by atoms with Crippen molar-refractivity contribution in [1.82, 2.24) is 15.5 Å². The zero-order valence-electron chi connectivity index (χ0n) is 11.1. The van der Waals surface area contributed by atoms with Crippen LogP contribution in [0.1, 0.15) is 31.5 Å². The Morgan fingerprint density at radius 1 is 1.44 bits per heavy atom. The Bertz CT molecular complexity index is 440. The number of nitrogens with one attached hydrogen (secondary N) is 1. The predicted octanol–water partition coefficient (Wildman–Crippen LogP) is 2.11. The molecule has 3 rings (SSSR count). The van der Waals surface area contributed by atoms with Crippen LogP contribution >= 0.6 is 0 Å². The normalized spacial score (nSPS) is 31.1. The van der Waals surface area contributed by atoms with Crippen molar-refractivity contribution in [2.75, 3.05) is 6.54 Å². The van der Waals surface area contributed by atoms with Gasteiger partial charge in [-0.05, 0) is 37.5 Å². The van der Waals surface area contributed by atoms with E-state index in [1.807, 2.05) is 6.92 Å². The van der Waals surface area contributed by atoms with Crippen LogP contribution in [-0.2, 0) is 6.42 Å². The van der Waals surface area contributed by atoms with E-state index in [0.29, 0.717) is 11.9 Å². The second-order valence-corrected chi connectivity index (χ2v) is 5.67. The highest BCUT2D eigenvalue weighted by atomic mass is 16.5. The van der Waals surface area contributed by atoms with Crippen molar-refractivity contribution in [1.29, 1.82) is 0 Å². The largest absolute Gasteiger partial charge is 0.340 e. The Hall–Kier alpha value is -1.16. The quantitative estimate of drug-likeness (QED) is 0.810. The van der Waals surface area contributed by atoms with Gasteiger partial charge in [-0.2, -0.15) is 4.98 Å². The highest BCUT2D eigenvalue weighted by Gasteiger charge is 2.38. The molecule has 0 saturated heterocycles. The lowest BCUT2D eigenvalue weighted by Crippen LogP contribution is -2.36. The van der Waals surface area contributed by atoms with Gasteiger partial charge in [0.2, 0.25) is 5.89 Å². The predicted molar refractivity (Wildman–Crippen MR) is 69.0 cm³/mol. The van der Waals surface area contributed by atoms with Crippen molar-refractivity contribution >= 4 is 0 Å². The van der Waals surface area contributed by atoms with Crippen molar-refractivity contribution < 1.29 is 4.52 Å². The fraction of sp³-hybridized carbons (Fsp3) is 0.714. The summed E-state index contributed by atoms with van der Waals surface area (Å²) in [6.07, 6.45) is 8.39. The standard InChI is InChI=1S/C14H21N3O/c1-9(13-8-11-3-4-12(13)7-11)15-6-5-14-16-10(2)18-17-14/h3-4,9,11-13,15H,5-8H2,1-2H3. The van der Waals surface area contributed by atoms with Crippen LogP contribution in [0, 0.1) is 24.7 Å². The molecule has 0 aliphatic heterocycles. The number of nitrogens with zero attached hydrogens (tertiary/aromatic N) is 2. The third-order valence-electron chi connectivity index (χ3n) is 4.36. The fourth-order valence-electron chi connectivity index (χ4n) is 3.40. The second kappa shape index (κ2) is 4.84. The minimum atomic E-state index is 0.581. The van der Waals surface area contributed by atoms with E-state index in [-0.39, 0.29) is 0 Å². The first-order valence-corrected chi connectivity index (χ1v) is 6.93. The van der Waals surface area contributed by atoms with Crippen molar-refractivity contribution in [3.63, 3.8) is 0 Å². The molecule has 2 aliphatic rings. The smallest absolute Gasteiger partial charge is 0.223 e. The maximum Gasteiger partial charge on any atom is 0.223 e. The monoisotopic (exact) mass is 247 g/mol. The SMILES string of the molecule is Cc1nc(CCNC(C)C2CC3C=CC2C3)no1. The van der Waals surface area contributed by atoms with Gasteiger partial charge in [-0.3, -0.25) is 0 Å². The Morgan fingerprint density at radius 2 is 2.33 bits per heavy atom. The zero-order valence-corrected chi connectivity index (χ0v) is 11.1. The second-order valence-electron chi connectivity index (χ2n) is 5.67. The molecule has 4 nitrogen and oxygen atoms in total.